The Hall–Kier alpha value is -1.43. The lowest BCUT2D eigenvalue weighted by atomic mass is 10.1. The lowest BCUT2D eigenvalue weighted by Gasteiger charge is -2.34. The van der Waals surface area contributed by atoms with Gasteiger partial charge in [-0.15, -0.1) is 0 Å². The van der Waals surface area contributed by atoms with Crippen molar-refractivity contribution in [1.82, 2.24) is 25.0 Å². The average molecular weight is 251 g/mol. The van der Waals surface area contributed by atoms with Gasteiger partial charge in [0.2, 0.25) is 5.91 Å². The van der Waals surface area contributed by atoms with E-state index < -0.39 is 0 Å². The molecule has 100 valence electrons. The predicted octanol–water partition coefficient (Wildman–Crippen LogP) is 0.269. The van der Waals surface area contributed by atoms with Gasteiger partial charge in [-0.2, -0.15) is 5.10 Å². The van der Waals surface area contributed by atoms with Crippen molar-refractivity contribution in [2.24, 2.45) is 0 Å². The highest BCUT2D eigenvalue weighted by Gasteiger charge is 2.23. The minimum absolute atomic E-state index is 0.210. The van der Waals surface area contributed by atoms with E-state index in [9.17, 15) is 4.79 Å². The standard InChI is InChI=1S/C12H21N5O/c1-2-17(11-4-3-6-13-8-11)12(18)5-7-16-10-14-9-15-16/h9-11,13H,2-8H2,1H3. The summed E-state index contributed by atoms with van der Waals surface area (Å²) in [5.41, 5.74) is 0. The van der Waals surface area contributed by atoms with Crippen LogP contribution in [0.4, 0.5) is 0 Å². The number of carbonyl (C=O) groups is 1. The highest BCUT2D eigenvalue weighted by molar-refractivity contribution is 5.76. The van der Waals surface area contributed by atoms with E-state index >= 15 is 0 Å². The summed E-state index contributed by atoms with van der Waals surface area (Å²) in [6.45, 7) is 5.42. The summed E-state index contributed by atoms with van der Waals surface area (Å²) in [6.07, 6.45) is 5.89. The Morgan fingerprint density at radius 3 is 3.11 bits per heavy atom. The number of hydrogen-bond acceptors (Lipinski definition) is 4. The van der Waals surface area contributed by atoms with Gasteiger partial charge < -0.3 is 10.2 Å². The van der Waals surface area contributed by atoms with Crippen molar-refractivity contribution in [2.45, 2.75) is 38.8 Å². The summed E-state index contributed by atoms with van der Waals surface area (Å²) in [7, 11) is 0. The molecule has 1 atom stereocenters. The fourth-order valence-corrected chi connectivity index (χ4v) is 2.44. The van der Waals surface area contributed by atoms with Crippen molar-refractivity contribution in [1.29, 1.82) is 0 Å². The minimum Gasteiger partial charge on any atom is -0.339 e. The molecule has 1 amide bonds. The van der Waals surface area contributed by atoms with E-state index in [1.807, 2.05) is 11.8 Å². The molecule has 1 aliphatic heterocycles. The van der Waals surface area contributed by atoms with Gasteiger partial charge in [-0.05, 0) is 26.3 Å². The van der Waals surface area contributed by atoms with Crippen molar-refractivity contribution in [3.8, 4) is 0 Å². The summed E-state index contributed by atoms with van der Waals surface area (Å²) in [4.78, 5) is 18.1. The Morgan fingerprint density at radius 1 is 1.61 bits per heavy atom. The van der Waals surface area contributed by atoms with Gasteiger partial charge in [0.1, 0.15) is 12.7 Å². The fraction of sp³-hybridized carbons (Fsp3) is 0.750. The second kappa shape index (κ2) is 6.49. The molecule has 2 rings (SSSR count). The van der Waals surface area contributed by atoms with Crippen molar-refractivity contribution in [3.05, 3.63) is 12.7 Å². The minimum atomic E-state index is 0.210. The molecule has 1 aliphatic rings. The maximum Gasteiger partial charge on any atom is 0.224 e. The van der Waals surface area contributed by atoms with Gasteiger partial charge in [0, 0.05) is 25.6 Å². The molecule has 0 bridgehead atoms. The van der Waals surface area contributed by atoms with Gasteiger partial charge in [0.25, 0.3) is 0 Å². The lowest BCUT2D eigenvalue weighted by Crippen LogP contribution is -2.48. The SMILES string of the molecule is CCN(C(=O)CCn1cncn1)C1CCCNC1. The van der Waals surface area contributed by atoms with Gasteiger partial charge in [0.15, 0.2) is 0 Å². The highest BCUT2D eigenvalue weighted by Crippen LogP contribution is 2.11. The number of nitrogens with zero attached hydrogens (tertiary/aromatic N) is 4. The summed E-state index contributed by atoms with van der Waals surface area (Å²) in [5, 5.41) is 7.36. The first-order valence-corrected chi connectivity index (χ1v) is 6.64. The van der Waals surface area contributed by atoms with Crippen LogP contribution in [0.25, 0.3) is 0 Å². The van der Waals surface area contributed by atoms with E-state index in [4.69, 9.17) is 0 Å². The molecule has 0 aliphatic carbocycles. The van der Waals surface area contributed by atoms with Crippen molar-refractivity contribution >= 4 is 5.91 Å². The molecule has 0 spiro atoms. The molecule has 1 unspecified atom stereocenters. The molecule has 18 heavy (non-hydrogen) atoms. The number of carbonyl (C=O) groups excluding carboxylic acids is 1. The zero-order chi connectivity index (χ0) is 12.8. The van der Waals surface area contributed by atoms with E-state index in [1.165, 1.54) is 6.33 Å². The molecule has 2 heterocycles. The first-order valence-electron chi connectivity index (χ1n) is 6.64. The number of aryl methyl sites for hydroxylation is 1. The third kappa shape index (κ3) is 3.29. The molecule has 1 aromatic heterocycles. The van der Waals surface area contributed by atoms with Crippen LogP contribution in [-0.4, -0.2) is 51.2 Å². The smallest absolute Gasteiger partial charge is 0.224 e. The van der Waals surface area contributed by atoms with Crippen LogP contribution in [0.1, 0.15) is 26.2 Å². The third-order valence-electron chi connectivity index (χ3n) is 3.39. The third-order valence-corrected chi connectivity index (χ3v) is 3.39. The summed E-state index contributed by atoms with van der Waals surface area (Å²) >= 11 is 0. The topological polar surface area (TPSA) is 63.1 Å². The number of aromatic nitrogens is 3. The fourth-order valence-electron chi connectivity index (χ4n) is 2.44. The van der Waals surface area contributed by atoms with Crippen LogP contribution >= 0.6 is 0 Å². The Kier molecular flexibility index (Phi) is 4.69. The number of piperidine rings is 1. The molecular weight excluding hydrogens is 230 g/mol. The summed E-state index contributed by atoms with van der Waals surface area (Å²) in [6, 6.07) is 0.354. The molecule has 6 nitrogen and oxygen atoms in total. The van der Waals surface area contributed by atoms with E-state index in [0.29, 0.717) is 19.0 Å². The van der Waals surface area contributed by atoms with E-state index in [2.05, 4.69) is 15.4 Å². The lowest BCUT2D eigenvalue weighted by molar-refractivity contribution is -0.133. The highest BCUT2D eigenvalue weighted by atomic mass is 16.2. The molecule has 0 saturated carbocycles. The van der Waals surface area contributed by atoms with Crippen LogP contribution in [0.2, 0.25) is 0 Å². The van der Waals surface area contributed by atoms with Gasteiger partial charge in [0.05, 0.1) is 6.54 Å². The van der Waals surface area contributed by atoms with Crippen LogP contribution < -0.4 is 5.32 Å². The second-order valence-electron chi connectivity index (χ2n) is 4.59. The maximum absolute atomic E-state index is 12.2. The van der Waals surface area contributed by atoms with Crippen LogP contribution in [-0.2, 0) is 11.3 Å². The predicted molar refractivity (Wildman–Crippen MR) is 67.9 cm³/mol. The number of hydrogen-bond donors (Lipinski definition) is 1. The summed E-state index contributed by atoms with van der Waals surface area (Å²) < 4.78 is 1.70. The van der Waals surface area contributed by atoms with Crippen molar-refractivity contribution in [3.63, 3.8) is 0 Å². The Bertz CT molecular complexity index is 359. The zero-order valence-electron chi connectivity index (χ0n) is 10.9. The number of likely N-dealkylation sites (N-methyl/N-ethyl adjacent to an activating group) is 1. The molecule has 1 saturated heterocycles. The van der Waals surface area contributed by atoms with Gasteiger partial charge in [-0.1, -0.05) is 0 Å². The largest absolute Gasteiger partial charge is 0.339 e. The molecule has 1 N–H and O–H groups in total. The normalized spacial score (nSPS) is 19.7. The van der Waals surface area contributed by atoms with Crippen LogP contribution in [0.3, 0.4) is 0 Å². The van der Waals surface area contributed by atoms with E-state index in [-0.39, 0.29) is 5.91 Å². The van der Waals surface area contributed by atoms with Crippen LogP contribution in [0, 0.1) is 0 Å². The van der Waals surface area contributed by atoms with Gasteiger partial charge in [-0.25, -0.2) is 4.98 Å². The zero-order valence-corrected chi connectivity index (χ0v) is 10.9. The van der Waals surface area contributed by atoms with E-state index in [1.54, 1.807) is 11.0 Å². The van der Waals surface area contributed by atoms with Crippen molar-refractivity contribution in [2.75, 3.05) is 19.6 Å². The second-order valence-corrected chi connectivity index (χ2v) is 4.59. The molecule has 0 radical (unpaired) electrons. The molecule has 6 heteroatoms. The average Bonchev–Trinajstić information content (AvgIpc) is 2.92. The van der Waals surface area contributed by atoms with E-state index in [0.717, 1.165) is 32.5 Å². The molecular formula is C12H21N5O. The Morgan fingerprint density at radius 2 is 2.50 bits per heavy atom. The first kappa shape index (κ1) is 13.0. The van der Waals surface area contributed by atoms with Crippen LogP contribution in [0.5, 0.6) is 0 Å². The molecule has 1 aromatic rings. The first-order chi connectivity index (χ1) is 8.81. The van der Waals surface area contributed by atoms with Gasteiger partial charge in [-0.3, -0.25) is 9.48 Å². The van der Waals surface area contributed by atoms with Crippen LogP contribution in [0.15, 0.2) is 12.7 Å². The Balaban J connectivity index is 1.84. The van der Waals surface area contributed by atoms with Gasteiger partial charge >= 0.3 is 0 Å². The van der Waals surface area contributed by atoms with Crippen molar-refractivity contribution < 1.29 is 4.79 Å². The monoisotopic (exact) mass is 251 g/mol. The molecule has 0 aromatic carbocycles. The summed E-state index contributed by atoms with van der Waals surface area (Å²) in [5.74, 6) is 0.210. The quantitative estimate of drug-likeness (QED) is 0.816. The number of nitrogens with one attached hydrogen (secondary N) is 1. The number of amides is 1. The number of rotatable bonds is 5. The maximum atomic E-state index is 12.2. The molecule has 1 fully saturated rings. The Labute approximate surface area is 107 Å².